The Morgan fingerprint density at radius 3 is 1.61 bits per heavy atom. The summed E-state index contributed by atoms with van der Waals surface area (Å²) in [5, 5.41) is 12.4. The molecule has 0 bridgehead atoms. The van der Waals surface area contributed by atoms with Gasteiger partial charge in [-0.3, -0.25) is 9.79 Å². The second-order valence-corrected chi connectivity index (χ2v) is 8.60. The Bertz CT molecular complexity index is 425. The van der Waals surface area contributed by atoms with Gasteiger partial charge >= 0.3 is 35.5 Å². The topological polar surface area (TPSA) is 114 Å². The van der Waals surface area contributed by atoms with Crippen molar-refractivity contribution in [1.29, 1.82) is 0 Å². The van der Waals surface area contributed by atoms with Crippen molar-refractivity contribution >= 4 is 11.9 Å². The molecule has 0 aliphatic heterocycles. The van der Waals surface area contributed by atoms with E-state index in [0.29, 0.717) is 19.4 Å². The van der Waals surface area contributed by atoms with E-state index in [1.165, 1.54) is 96.3 Å². The third-order valence-electron chi connectivity index (χ3n) is 5.66. The Kier molecular flexibility index (Phi) is 27.5. The monoisotopic (exact) mass is 450 g/mol. The van der Waals surface area contributed by atoms with E-state index >= 15 is 0 Å². The van der Waals surface area contributed by atoms with Crippen LogP contribution in [0.5, 0.6) is 0 Å². The maximum Gasteiger partial charge on any atom is 1.00 e. The Morgan fingerprint density at radius 2 is 1.23 bits per heavy atom. The molecule has 0 spiro atoms. The molecule has 0 fully saturated rings. The van der Waals surface area contributed by atoms with Crippen molar-refractivity contribution in [2.24, 2.45) is 16.5 Å². The third-order valence-corrected chi connectivity index (χ3v) is 5.66. The quantitative estimate of drug-likeness (QED) is 0.0826. The molecule has 0 heterocycles. The van der Waals surface area contributed by atoms with E-state index in [1.54, 1.807) is 0 Å². The molecule has 0 saturated carbocycles. The molecule has 0 saturated heterocycles. The summed E-state index contributed by atoms with van der Waals surface area (Å²) in [4.78, 5) is 15.2. The van der Waals surface area contributed by atoms with Crippen LogP contribution < -0.4 is 46.3 Å². The van der Waals surface area contributed by atoms with Gasteiger partial charge in [0.05, 0.1) is 0 Å². The summed E-state index contributed by atoms with van der Waals surface area (Å²) >= 11 is 0. The molecule has 0 radical (unpaired) electrons. The van der Waals surface area contributed by atoms with Crippen LogP contribution in [0.15, 0.2) is 4.99 Å². The first-order chi connectivity index (χ1) is 14.6. The number of nitrogens with one attached hydrogen (secondary N) is 1. The molecule has 0 aromatic heterocycles. The van der Waals surface area contributed by atoms with E-state index in [0.717, 1.165) is 13.0 Å². The molecule has 6 N–H and O–H groups in total. The Balaban J connectivity index is -0.00000420. The molecule has 0 aromatic rings. The summed E-state index contributed by atoms with van der Waals surface area (Å²) < 4.78 is 0. The van der Waals surface area contributed by atoms with Crippen LogP contribution in [0.2, 0.25) is 0 Å². The van der Waals surface area contributed by atoms with E-state index in [-0.39, 0.29) is 36.9 Å². The average Bonchev–Trinajstić information content (AvgIpc) is 2.71. The minimum Gasteiger partial charge on any atom is -1.00 e. The minimum absolute atomic E-state index is 0. The van der Waals surface area contributed by atoms with Gasteiger partial charge in [0.25, 0.3) is 0 Å². The molecule has 180 valence electrons. The maximum atomic E-state index is 11.3. The van der Waals surface area contributed by atoms with Crippen molar-refractivity contribution in [3.63, 3.8) is 0 Å². The summed E-state index contributed by atoms with van der Waals surface area (Å²) in [5.74, 6) is -0.737. The van der Waals surface area contributed by atoms with Crippen LogP contribution in [0.25, 0.3) is 0 Å². The molecule has 0 aromatic carbocycles. The number of rotatable bonds is 23. The van der Waals surface area contributed by atoms with Crippen molar-refractivity contribution in [3.05, 3.63) is 0 Å². The smallest absolute Gasteiger partial charge is 1.00 e. The molecule has 0 rings (SSSR count). The Hall–Kier alpha value is -0.300. The fraction of sp³-hybridized carbons (Fsp3) is 0.917. The average molecular weight is 451 g/mol. The third kappa shape index (κ3) is 25.8. The van der Waals surface area contributed by atoms with Gasteiger partial charge in [-0.1, -0.05) is 103 Å². The molecule has 1 unspecified atom stereocenters. The second kappa shape index (κ2) is 26.0. The van der Waals surface area contributed by atoms with Gasteiger partial charge in [0.1, 0.15) is 6.04 Å². The number of guanidine groups is 1. The van der Waals surface area contributed by atoms with Crippen LogP contribution in [-0.4, -0.2) is 36.2 Å². The van der Waals surface area contributed by atoms with Gasteiger partial charge in [-0.25, -0.2) is 0 Å². The molecular formula is C24H51N4NaO2. The fourth-order valence-electron chi connectivity index (χ4n) is 3.77. The number of nitrogens with zero attached hydrogens (tertiary/aromatic N) is 1. The van der Waals surface area contributed by atoms with Crippen molar-refractivity contribution in [2.75, 3.05) is 13.1 Å². The Labute approximate surface area is 215 Å². The first-order valence-electron chi connectivity index (χ1n) is 12.6. The van der Waals surface area contributed by atoms with Crippen LogP contribution in [-0.2, 0) is 4.79 Å². The minimum atomic E-state index is -0.795. The van der Waals surface area contributed by atoms with Gasteiger partial charge in [0.15, 0.2) is 5.96 Å². The molecule has 0 amide bonds. The number of carbonyl (C=O) groups is 1. The number of carboxylic acids is 1. The largest absolute Gasteiger partial charge is 1.00 e. The van der Waals surface area contributed by atoms with E-state index in [4.69, 9.17) is 11.5 Å². The van der Waals surface area contributed by atoms with Gasteiger partial charge in [-0.15, -0.1) is 0 Å². The van der Waals surface area contributed by atoms with Crippen LogP contribution in [0.4, 0.5) is 0 Å². The van der Waals surface area contributed by atoms with Crippen LogP contribution in [0.3, 0.4) is 0 Å². The zero-order chi connectivity index (χ0) is 22.3. The number of aliphatic imine (C=N–C) groups is 1. The van der Waals surface area contributed by atoms with Crippen molar-refractivity contribution in [3.8, 4) is 0 Å². The van der Waals surface area contributed by atoms with Gasteiger partial charge in [-0.05, 0) is 25.8 Å². The second-order valence-electron chi connectivity index (χ2n) is 8.60. The standard InChI is InChI=1S/C24H50N4O2.Na.H/c1-2-3-4-5-6-7-8-9-10-11-12-13-14-15-16-17-20-27-22(23(29)30)19-18-21-28-24(25)26;;/h22,27H,2-21H2,1H3,(H,29,30)(H4,25,26,28);;/q;+1;-1. The number of hydrogen-bond acceptors (Lipinski definition) is 3. The maximum absolute atomic E-state index is 11.3. The number of hydrogen-bond donors (Lipinski definition) is 4. The van der Waals surface area contributed by atoms with Gasteiger partial charge in [0.2, 0.25) is 0 Å². The van der Waals surface area contributed by atoms with Crippen molar-refractivity contribution < 1.29 is 40.9 Å². The summed E-state index contributed by atoms with van der Waals surface area (Å²) in [6, 6.07) is -0.504. The number of nitrogens with two attached hydrogens (primary N) is 2. The summed E-state index contributed by atoms with van der Waals surface area (Å²) in [7, 11) is 0. The van der Waals surface area contributed by atoms with E-state index in [1.807, 2.05) is 0 Å². The summed E-state index contributed by atoms with van der Waals surface area (Å²) in [6.45, 7) is 3.51. The zero-order valence-corrected chi connectivity index (χ0v) is 22.7. The molecule has 0 aliphatic rings. The first-order valence-corrected chi connectivity index (χ1v) is 12.6. The molecule has 6 nitrogen and oxygen atoms in total. The van der Waals surface area contributed by atoms with Crippen LogP contribution >= 0.6 is 0 Å². The number of aliphatic carboxylic acids is 1. The fourth-order valence-corrected chi connectivity index (χ4v) is 3.77. The summed E-state index contributed by atoms with van der Waals surface area (Å²) in [5.41, 5.74) is 10.5. The van der Waals surface area contributed by atoms with Crippen LogP contribution in [0, 0.1) is 0 Å². The molecule has 0 aliphatic carbocycles. The van der Waals surface area contributed by atoms with E-state index < -0.39 is 12.0 Å². The Morgan fingerprint density at radius 1 is 0.806 bits per heavy atom. The zero-order valence-electron chi connectivity index (χ0n) is 21.7. The van der Waals surface area contributed by atoms with Crippen molar-refractivity contribution in [2.45, 2.75) is 129 Å². The van der Waals surface area contributed by atoms with E-state index in [9.17, 15) is 9.90 Å². The molecule has 31 heavy (non-hydrogen) atoms. The number of unbranched alkanes of at least 4 members (excludes halogenated alkanes) is 15. The predicted molar refractivity (Wildman–Crippen MR) is 130 cm³/mol. The molecule has 1 atom stereocenters. The van der Waals surface area contributed by atoms with Crippen LogP contribution in [0.1, 0.15) is 124 Å². The SMILES string of the molecule is CCCCCCCCCCCCCCCCCCNC(CCCN=C(N)N)C(=O)O.[H-].[Na+]. The van der Waals surface area contributed by atoms with Gasteiger partial charge in [-0.2, -0.15) is 0 Å². The summed E-state index contributed by atoms with van der Waals surface area (Å²) in [6.07, 6.45) is 22.8. The predicted octanol–water partition coefficient (Wildman–Crippen LogP) is 2.46. The molecular weight excluding hydrogens is 399 g/mol. The normalized spacial score (nSPS) is 11.6. The van der Waals surface area contributed by atoms with Crippen molar-refractivity contribution in [1.82, 2.24) is 5.32 Å². The molecule has 7 heteroatoms. The van der Waals surface area contributed by atoms with Gasteiger partial charge in [0, 0.05) is 6.54 Å². The first kappa shape index (κ1) is 32.9. The van der Waals surface area contributed by atoms with Gasteiger partial charge < -0.3 is 23.3 Å². The van der Waals surface area contributed by atoms with E-state index in [2.05, 4.69) is 17.2 Å². The number of carboxylic acid groups (broad SMARTS) is 1.